The Bertz CT molecular complexity index is 766. The molecule has 0 unspecified atom stereocenters. The summed E-state index contributed by atoms with van der Waals surface area (Å²) in [5.74, 6) is 0.255. The number of carbonyl (C=O) groups excluding carboxylic acids is 1. The van der Waals surface area contributed by atoms with Crippen LogP contribution in [0.4, 0.5) is 10.7 Å². The number of ether oxygens (including phenoxy) is 1. The Hall–Kier alpha value is -2.41. The zero-order valence-corrected chi connectivity index (χ0v) is 13.0. The van der Waals surface area contributed by atoms with Crippen molar-refractivity contribution in [3.05, 3.63) is 35.7 Å². The Morgan fingerprint density at radius 1 is 1.36 bits per heavy atom. The summed E-state index contributed by atoms with van der Waals surface area (Å²) >= 11 is 1.48. The minimum atomic E-state index is -0.520. The van der Waals surface area contributed by atoms with Gasteiger partial charge in [0, 0.05) is 10.9 Å². The number of unbranched alkanes of at least 4 members (excludes halogenated alkanes) is 1. The van der Waals surface area contributed by atoms with Crippen LogP contribution in [0.3, 0.4) is 0 Å². The molecule has 2 heterocycles. The van der Waals surface area contributed by atoms with E-state index in [4.69, 9.17) is 4.74 Å². The van der Waals surface area contributed by atoms with Crippen molar-refractivity contribution in [1.82, 2.24) is 14.6 Å². The first-order valence-electron chi connectivity index (χ1n) is 7.11. The van der Waals surface area contributed by atoms with Crippen molar-refractivity contribution in [3.63, 3.8) is 0 Å². The van der Waals surface area contributed by atoms with E-state index >= 15 is 0 Å². The summed E-state index contributed by atoms with van der Waals surface area (Å²) in [5, 5.41) is 8.87. The van der Waals surface area contributed by atoms with Crippen LogP contribution in [0.25, 0.3) is 16.2 Å². The number of hydrogen-bond acceptors (Lipinski definition) is 5. The van der Waals surface area contributed by atoms with Crippen LogP contribution >= 0.6 is 11.3 Å². The number of rotatable bonds is 5. The average molecular weight is 316 g/mol. The highest BCUT2D eigenvalue weighted by Gasteiger charge is 2.13. The average Bonchev–Trinajstić information content (AvgIpc) is 3.08. The molecule has 3 aromatic rings. The van der Waals surface area contributed by atoms with Gasteiger partial charge in [0.1, 0.15) is 0 Å². The lowest BCUT2D eigenvalue weighted by Crippen LogP contribution is -2.15. The van der Waals surface area contributed by atoms with Crippen LogP contribution in [0.2, 0.25) is 0 Å². The van der Waals surface area contributed by atoms with Gasteiger partial charge in [-0.3, -0.25) is 5.32 Å². The fourth-order valence-corrected chi connectivity index (χ4v) is 2.81. The Kier molecular flexibility index (Phi) is 4.34. The van der Waals surface area contributed by atoms with Crippen molar-refractivity contribution in [1.29, 1.82) is 0 Å². The molecule has 114 valence electrons. The predicted octanol–water partition coefficient (Wildman–Crippen LogP) is 3.81. The van der Waals surface area contributed by atoms with Gasteiger partial charge in [-0.2, -0.15) is 4.98 Å². The molecule has 1 aromatic carbocycles. The maximum absolute atomic E-state index is 11.6. The zero-order chi connectivity index (χ0) is 15.4. The van der Waals surface area contributed by atoms with E-state index in [1.807, 2.05) is 42.6 Å². The van der Waals surface area contributed by atoms with Gasteiger partial charge in [-0.15, -0.1) is 16.4 Å². The van der Waals surface area contributed by atoms with Gasteiger partial charge >= 0.3 is 6.09 Å². The third-order valence-corrected chi connectivity index (χ3v) is 3.91. The third-order valence-electron chi connectivity index (χ3n) is 3.10. The van der Waals surface area contributed by atoms with E-state index in [1.165, 1.54) is 11.3 Å². The summed E-state index contributed by atoms with van der Waals surface area (Å²) < 4.78 is 6.76. The molecular weight excluding hydrogens is 300 g/mol. The van der Waals surface area contributed by atoms with Gasteiger partial charge < -0.3 is 4.74 Å². The summed E-state index contributed by atoms with van der Waals surface area (Å²) in [5.41, 5.74) is 2.00. The van der Waals surface area contributed by atoms with Gasteiger partial charge in [-0.05, 0) is 6.42 Å². The molecule has 22 heavy (non-hydrogen) atoms. The lowest BCUT2D eigenvalue weighted by atomic mass is 10.2. The van der Waals surface area contributed by atoms with Crippen LogP contribution < -0.4 is 5.32 Å². The molecule has 0 aliphatic heterocycles. The molecule has 2 aromatic heterocycles. The van der Waals surface area contributed by atoms with E-state index in [0.29, 0.717) is 6.61 Å². The van der Waals surface area contributed by atoms with Crippen LogP contribution in [0.1, 0.15) is 19.8 Å². The van der Waals surface area contributed by atoms with Gasteiger partial charge in [0.05, 0.1) is 12.3 Å². The molecule has 0 radical (unpaired) electrons. The Labute approximate surface area is 131 Å². The van der Waals surface area contributed by atoms with E-state index in [9.17, 15) is 4.79 Å². The molecule has 0 aliphatic carbocycles. The fraction of sp³-hybridized carbons (Fsp3) is 0.267. The molecule has 1 amide bonds. The van der Waals surface area contributed by atoms with Crippen molar-refractivity contribution in [2.75, 3.05) is 11.9 Å². The highest BCUT2D eigenvalue weighted by Crippen LogP contribution is 2.25. The third kappa shape index (κ3) is 3.09. The summed E-state index contributed by atoms with van der Waals surface area (Å²) in [7, 11) is 0. The molecule has 0 fully saturated rings. The molecule has 7 heteroatoms. The second kappa shape index (κ2) is 6.57. The summed E-state index contributed by atoms with van der Waals surface area (Å²) in [4.78, 5) is 16.6. The second-order valence-electron chi connectivity index (χ2n) is 4.73. The number of nitrogens with zero attached hydrogens (tertiary/aromatic N) is 3. The number of thiazole rings is 1. The molecular formula is C15H16N4O2S. The van der Waals surface area contributed by atoms with Crippen molar-refractivity contribution in [2.45, 2.75) is 19.8 Å². The van der Waals surface area contributed by atoms with E-state index < -0.39 is 6.09 Å². The molecule has 0 aliphatic rings. The van der Waals surface area contributed by atoms with E-state index in [0.717, 1.165) is 29.1 Å². The standard InChI is InChI=1S/C15H16N4O2S/c1-2-3-9-21-15(20)17-13-16-14-19(18-13)12(10-22-14)11-7-5-4-6-8-11/h4-8,10H,2-3,9H2,1H3,(H,17,18,20). The molecule has 6 nitrogen and oxygen atoms in total. The smallest absolute Gasteiger partial charge is 0.414 e. The number of fused-ring (bicyclic) bond motifs is 1. The predicted molar refractivity (Wildman–Crippen MR) is 86.2 cm³/mol. The molecule has 1 N–H and O–H groups in total. The van der Waals surface area contributed by atoms with Gasteiger partial charge in [0.25, 0.3) is 5.95 Å². The molecule has 0 atom stereocenters. The highest BCUT2D eigenvalue weighted by atomic mass is 32.1. The molecule has 3 rings (SSSR count). The van der Waals surface area contributed by atoms with E-state index in [1.54, 1.807) is 4.52 Å². The lowest BCUT2D eigenvalue weighted by molar-refractivity contribution is 0.159. The first-order chi connectivity index (χ1) is 10.8. The maximum atomic E-state index is 11.6. The second-order valence-corrected chi connectivity index (χ2v) is 5.57. The largest absolute Gasteiger partial charge is 0.449 e. The van der Waals surface area contributed by atoms with Gasteiger partial charge in [-0.1, -0.05) is 43.7 Å². The monoisotopic (exact) mass is 316 g/mol. The summed E-state index contributed by atoms with van der Waals surface area (Å²) in [6, 6.07) is 9.93. The first-order valence-corrected chi connectivity index (χ1v) is 7.99. The fourth-order valence-electron chi connectivity index (χ4n) is 1.98. The van der Waals surface area contributed by atoms with Crippen LogP contribution in [-0.2, 0) is 4.74 Å². The SMILES string of the molecule is CCCCOC(=O)Nc1nc2scc(-c3ccccc3)n2n1. The van der Waals surface area contributed by atoms with Crippen LogP contribution in [0.15, 0.2) is 35.7 Å². The number of nitrogens with one attached hydrogen (secondary N) is 1. The Morgan fingerprint density at radius 3 is 2.95 bits per heavy atom. The quantitative estimate of drug-likeness (QED) is 0.727. The van der Waals surface area contributed by atoms with Crippen molar-refractivity contribution in [3.8, 4) is 11.3 Å². The van der Waals surface area contributed by atoms with E-state index in [2.05, 4.69) is 15.4 Å². The van der Waals surface area contributed by atoms with Crippen molar-refractivity contribution >= 4 is 28.3 Å². The lowest BCUT2D eigenvalue weighted by Gasteiger charge is -2.02. The first kappa shape index (κ1) is 14.5. The molecule has 0 bridgehead atoms. The zero-order valence-electron chi connectivity index (χ0n) is 12.2. The highest BCUT2D eigenvalue weighted by molar-refractivity contribution is 7.15. The number of amides is 1. The Balaban J connectivity index is 1.77. The number of anilines is 1. The van der Waals surface area contributed by atoms with Gasteiger partial charge in [0.2, 0.25) is 4.96 Å². The number of benzene rings is 1. The normalized spacial score (nSPS) is 10.8. The molecule has 0 saturated carbocycles. The van der Waals surface area contributed by atoms with Crippen LogP contribution in [0.5, 0.6) is 0 Å². The topological polar surface area (TPSA) is 68.5 Å². The minimum Gasteiger partial charge on any atom is -0.449 e. The molecule has 0 spiro atoms. The van der Waals surface area contributed by atoms with Gasteiger partial charge in [-0.25, -0.2) is 9.31 Å². The molecule has 0 saturated heterocycles. The Morgan fingerprint density at radius 2 is 2.18 bits per heavy atom. The summed E-state index contributed by atoms with van der Waals surface area (Å²) in [6.45, 7) is 2.44. The van der Waals surface area contributed by atoms with Crippen molar-refractivity contribution in [2.24, 2.45) is 0 Å². The van der Waals surface area contributed by atoms with Gasteiger partial charge in [0.15, 0.2) is 0 Å². The minimum absolute atomic E-state index is 0.255. The number of hydrogen-bond donors (Lipinski definition) is 1. The summed E-state index contributed by atoms with van der Waals surface area (Å²) in [6.07, 6.45) is 1.30. The number of aromatic nitrogens is 3. The van der Waals surface area contributed by atoms with Crippen LogP contribution in [0, 0.1) is 0 Å². The van der Waals surface area contributed by atoms with E-state index in [-0.39, 0.29) is 5.95 Å². The maximum Gasteiger partial charge on any atom is 0.414 e. The van der Waals surface area contributed by atoms with Crippen molar-refractivity contribution < 1.29 is 9.53 Å². The van der Waals surface area contributed by atoms with Crippen LogP contribution in [-0.4, -0.2) is 27.3 Å². The number of carbonyl (C=O) groups is 1.